The first kappa shape index (κ1) is 15.0. The van der Waals surface area contributed by atoms with Crippen molar-refractivity contribution in [2.45, 2.75) is 16.7 Å². The van der Waals surface area contributed by atoms with Crippen molar-refractivity contribution >= 4 is 41.9 Å². The predicted octanol–water partition coefficient (Wildman–Crippen LogP) is 1.74. The smallest absolute Gasteiger partial charge is 0.282 e. The molecule has 0 unspecified atom stereocenters. The number of rotatable bonds is 2. The summed E-state index contributed by atoms with van der Waals surface area (Å²) < 4.78 is 61.7. The fourth-order valence-electron chi connectivity index (χ4n) is 1.29. The summed E-state index contributed by atoms with van der Waals surface area (Å²) in [4.78, 5) is 1.05. The van der Waals surface area contributed by atoms with Gasteiger partial charge in [0.15, 0.2) is 4.98 Å². The molecular formula is C7H6BrN2O6S2+. The van der Waals surface area contributed by atoms with Crippen LogP contribution in [0, 0.1) is 12.3 Å². The molecule has 0 aliphatic heterocycles. The zero-order valence-electron chi connectivity index (χ0n) is 8.69. The summed E-state index contributed by atoms with van der Waals surface area (Å²) in [6.07, 6.45) is 0. The molecule has 0 spiro atoms. The topological polar surface area (TPSA) is 137 Å². The Kier molecular flexibility index (Phi) is 3.80. The molecule has 0 fully saturated rings. The molecule has 8 nitrogen and oxygen atoms in total. The zero-order valence-corrected chi connectivity index (χ0v) is 11.9. The van der Waals surface area contributed by atoms with E-state index in [1.807, 2.05) is 0 Å². The first-order valence-corrected chi connectivity index (χ1v) is 7.80. The lowest BCUT2D eigenvalue weighted by Crippen LogP contribution is -2.07. The zero-order chi connectivity index (χ0) is 14.3. The van der Waals surface area contributed by atoms with Gasteiger partial charge in [-0.3, -0.25) is 9.11 Å². The monoisotopic (exact) mass is 357 g/mol. The standard InChI is InChI=1S/C7H5BrN2O6S2/c1-3-4(10-9)2-5(17(11,12)13)6(8)7(3)18(14,15)16/h2H,1H3,(H-,11,12,13,14,15,16)/p+1. The molecule has 98 valence electrons. The highest BCUT2D eigenvalue weighted by Gasteiger charge is 2.31. The molecule has 0 saturated heterocycles. The van der Waals surface area contributed by atoms with Crippen LogP contribution in [0.15, 0.2) is 20.3 Å². The summed E-state index contributed by atoms with van der Waals surface area (Å²) in [5.41, 5.74) is -0.599. The van der Waals surface area contributed by atoms with Gasteiger partial charge in [0.2, 0.25) is 5.39 Å². The molecule has 0 aliphatic carbocycles. The Morgan fingerprint density at radius 1 is 1.22 bits per heavy atom. The van der Waals surface area contributed by atoms with Gasteiger partial charge in [-0.15, -0.1) is 0 Å². The van der Waals surface area contributed by atoms with E-state index in [-0.39, 0.29) is 5.56 Å². The maximum absolute atomic E-state index is 11.1. The maximum Gasteiger partial charge on any atom is 0.390 e. The summed E-state index contributed by atoms with van der Waals surface area (Å²) >= 11 is 2.67. The van der Waals surface area contributed by atoms with Gasteiger partial charge in [0.25, 0.3) is 20.2 Å². The van der Waals surface area contributed by atoms with E-state index >= 15 is 0 Å². The Bertz CT molecular complexity index is 762. The van der Waals surface area contributed by atoms with Gasteiger partial charge >= 0.3 is 5.69 Å². The molecule has 0 amide bonds. The Morgan fingerprint density at radius 3 is 2.06 bits per heavy atom. The lowest BCUT2D eigenvalue weighted by molar-refractivity contribution is 0.479. The van der Waals surface area contributed by atoms with Crippen molar-refractivity contribution in [3.8, 4) is 0 Å². The highest BCUT2D eigenvalue weighted by molar-refractivity contribution is 9.10. The molecule has 0 atom stereocenters. The normalized spacial score (nSPS) is 12.2. The van der Waals surface area contributed by atoms with Gasteiger partial charge in [-0.05, 0) is 22.9 Å². The SMILES string of the molecule is Cc1c([N+]#N)cc(S(=O)(=O)O)c(Br)c1S(=O)(=O)O. The average molecular weight is 358 g/mol. The maximum atomic E-state index is 11.1. The Hall–Kier alpha value is -1.06. The van der Waals surface area contributed by atoms with Crippen LogP contribution in [0.4, 0.5) is 5.69 Å². The van der Waals surface area contributed by atoms with E-state index in [1.165, 1.54) is 6.92 Å². The third-order valence-corrected chi connectivity index (χ3v) is 5.30. The number of diazo groups is 1. The van der Waals surface area contributed by atoms with Crippen molar-refractivity contribution in [1.82, 2.24) is 0 Å². The van der Waals surface area contributed by atoms with Crippen LogP contribution in [0.5, 0.6) is 0 Å². The second kappa shape index (κ2) is 4.56. The highest BCUT2D eigenvalue weighted by Crippen LogP contribution is 2.37. The van der Waals surface area contributed by atoms with Crippen LogP contribution < -0.4 is 0 Å². The molecular weight excluding hydrogens is 352 g/mol. The Morgan fingerprint density at radius 2 is 1.72 bits per heavy atom. The lowest BCUT2D eigenvalue weighted by Gasteiger charge is -2.06. The Labute approximate surface area is 111 Å². The highest BCUT2D eigenvalue weighted by atomic mass is 79.9. The van der Waals surface area contributed by atoms with Crippen molar-refractivity contribution in [2.24, 2.45) is 0 Å². The second-order valence-electron chi connectivity index (χ2n) is 3.21. The van der Waals surface area contributed by atoms with Crippen molar-refractivity contribution in [3.63, 3.8) is 0 Å². The molecule has 0 aromatic heterocycles. The van der Waals surface area contributed by atoms with Crippen LogP contribution in [-0.4, -0.2) is 25.9 Å². The van der Waals surface area contributed by atoms with E-state index in [0.29, 0.717) is 0 Å². The van der Waals surface area contributed by atoms with Crippen molar-refractivity contribution in [3.05, 3.63) is 21.1 Å². The van der Waals surface area contributed by atoms with Crippen LogP contribution in [0.25, 0.3) is 4.98 Å². The molecule has 1 aromatic rings. The fourth-order valence-corrected chi connectivity index (χ4v) is 4.41. The molecule has 1 aromatic carbocycles. The van der Waals surface area contributed by atoms with E-state index in [0.717, 1.165) is 6.07 Å². The van der Waals surface area contributed by atoms with E-state index < -0.39 is 40.2 Å². The third kappa shape index (κ3) is 2.68. The Balaban J connectivity index is 4.03. The molecule has 18 heavy (non-hydrogen) atoms. The van der Waals surface area contributed by atoms with Gasteiger partial charge in [0, 0.05) is 0 Å². The van der Waals surface area contributed by atoms with Gasteiger partial charge in [0.05, 0.1) is 16.1 Å². The molecule has 2 N–H and O–H groups in total. The number of nitrogens with zero attached hydrogens (tertiary/aromatic N) is 2. The minimum Gasteiger partial charge on any atom is -0.282 e. The van der Waals surface area contributed by atoms with E-state index in [1.54, 1.807) is 0 Å². The van der Waals surface area contributed by atoms with Gasteiger partial charge in [0.1, 0.15) is 9.79 Å². The predicted molar refractivity (Wildman–Crippen MR) is 63.3 cm³/mol. The average Bonchev–Trinajstić information content (AvgIpc) is 2.13. The van der Waals surface area contributed by atoms with Crippen LogP contribution in [0.1, 0.15) is 5.56 Å². The largest absolute Gasteiger partial charge is 0.390 e. The van der Waals surface area contributed by atoms with E-state index in [2.05, 4.69) is 20.9 Å². The summed E-state index contributed by atoms with van der Waals surface area (Å²) in [5, 5.41) is 8.65. The van der Waals surface area contributed by atoms with Gasteiger partial charge in [-0.25, -0.2) is 0 Å². The summed E-state index contributed by atoms with van der Waals surface area (Å²) in [6, 6.07) is 0.753. The van der Waals surface area contributed by atoms with E-state index in [4.69, 9.17) is 14.5 Å². The van der Waals surface area contributed by atoms with Crippen molar-refractivity contribution < 1.29 is 25.9 Å². The van der Waals surface area contributed by atoms with Crippen molar-refractivity contribution in [1.29, 1.82) is 5.39 Å². The molecule has 1 rings (SSSR count). The quantitative estimate of drug-likeness (QED) is 0.607. The number of benzene rings is 1. The second-order valence-corrected chi connectivity index (χ2v) is 6.75. The molecule has 0 aliphatic rings. The molecule has 0 saturated carbocycles. The summed E-state index contributed by atoms with van der Waals surface area (Å²) in [7, 11) is -9.53. The van der Waals surface area contributed by atoms with Crippen molar-refractivity contribution in [2.75, 3.05) is 0 Å². The van der Waals surface area contributed by atoms with Gasteiger partial charge < -0.3 is 0 Å². The molecule has 0 heterocycles. The van der Waals surface area contributed by atoms with Gasteiger partial charge in [-0.2, -0.15) is 16.8 Å². The number of hydrogen-bond donors (Lipinski definition) is 2. The molecule has 0 radical (unpaired) electrons. The van der Waals surface area contributed by atoms with Crippen LogP contribution in [0.2, 0.25) is 0 Å². The minimum absolute atomic E-state index is 0.181. The van der Waals surface area contributed by atoms with Crippen LogP contribution >= 0.6 is 15.9 Å². The fraction of sp³-hybridized carbons (Fsp3) is 0.143. The first-order chi connectivity index (χ1) is 8.00. The number of halogens is 1. The number of hydrogen-bond acceptors (Lipinski definition) is 5. The summed E-state index contributed by atoms with van der Waals surface area (Å²) in [6.45, 7) is 1.19. The molecule has 0 bridgehead atoms. The summed E-state index contributed by atoms with van der Waals surface area (Å²) in [5.74, 6) is 0. The van der Waals surface area contributed by atoms with Crippen LogP contribution in [0.3, 0.4) is 0 Å². The minimum atomic E-state index is -4.77. The first-order valence-electron chi connectivity index (χ1n) is 4.13. The lowest BCUT2D eigenvalue weighted by atomic mass is 10.2. The van der Waals surface area contributed by atoms with Gasteiger partial charge in [-0.1, -0.05) is 0 Å². The third-order valence-electron chi connectivity index (χ3n) is 2.05. The van der Waals surface area contributed by atoms with E-state index in [9.17, 15) is 16.8 Å². The van der Waals surface area contributed by atoms with Crippen LogP contribution in [-0.2, 0) is 20.2 Å². The molecule has 11 heteroatoms.